The van der Waals surface area contributed by atoms with E-state index in [1.54, 1.807) is 6.07 Å². The summed E-state index contributed by atoms with van der Waals surface area (Å²) in [6.45, 7) is 9.55. The Kier molecular flexibility index (Phi) is 5.55. The Morgan fingerprint density at radius 1 is 1.14 bits per heavy atom. The Hall–Kier alpha value is -1.88. The first-order valence-electron chi connectivity index (χ1n) is 7.84. The first-order chi connectivity index (χ1) is 10.5. The molecule has 22 heavy (non-hydrogen) atoms. The normalized spacial score (nSPS) is 15.9. The van der Waals surface area contributed by atoms with Crippen LogP contribution in [0.4, 0.5) is 0 Å². The van der Waals surface area contributed by atoms with Gasteiger partial charge in [0.1, 0.15) is 0 Å². The van der Waals surface area contributed by atoms with Gasteiger partial charge in [-0.05, 0) is 32.4 Å². The molecule has 1 heterocycles. The average molecular weight is 303 g/mol. The van der Waals surface area contributed by atoms with Crippen molar-refractivity contribution in [3.63, 3.8) is 0 Å². The molecule has 0 atom stereocenters. The Labute approximate surface area is 132 Å². The number of hydrogen-bond donors (Lipinski definition) is 1. The average Bonchev–Trinajstić information content (AvgIpc) is 2.52. The van der Waals surface area contributed by atoms with Crippen molar-refractivity contribution in [1.82, 2.24) is 15.1 Å². The Bertz CT molecular complexity index is 534. The SMILES string of the molecule is Cc1ccccc1C(=O)NCC(=O)N1CCN(C(C)C)CC1. The number of aryl methyl sites for hydroxylation is 1. The maximum atomic E-state index is 12.2. The lowest BCUT2D eigenvalue weighted by molar-refractivity contribution is -0.132. The topological polar surface area (TPSA) is 52.7 Å². The van der Waals surface area contributed by atoms with Crippen LogP contribution >= 0.6 is 0 Å². The number of amides is 2. The van der Waals surface area contributed by atoms with Crippen molar-refractivity contribution in [3.05, 3.63) is 35.4 Å². The van der Waals surface area contributed by atoms with Gasteiger partial charge in [0.2, 0.25) is 5.91 Å². The molecule has 1 fully saturated rings. The van der Waals surface area contributed by atoms with E-state index in [4.69, 9.17) is 0 Å². The summed E-state index contributed by atoms with van der Waals surface area (Å²) in [5, 5.41) is 2.73. The molecule has 120 valence electrons. The van der Waals surface area contributed by atoms with Crippen LogP contribution in [0.3, 0.4) is 0 Å². The molecule has 1 aromatic carbocycles. The fourth-order valence-corrected chi connectivity index (χ4v) is 2.68. The van der Waals surface area contributed by atoms with Crippen LogP contribution in [0.25, 0.3) is 0 Å². The van der Waals surface area contributed by atoms with Gasteiger partial charge < -0.3 is 10.2 Å². The number of benzene rings is 1. The van der Waals surface area contributed by atoms with Gasteiger partial charge in [-0.2, -0.15) is 0 Å². The number of carbonyl (C=O) groups excluding carboxylic acids is 2. The minimum absolute atomic E-state index is 0.00894. The standard InChI is InChI=1S/C17H25N3O2/c1-13(2)19-8-10-20(11-9-19)16(21)12-18-17(22)15-7-5-4-6-14(15)3/h4-7,13H,8-12H2,1-3H3,(H,18,22). The summed E-state index contributed by atoms with van der Waals surface area (Å²) in [5.41, 5.74) is 1.54. The minimum atomic E-state index is -0.188. The van der Waals surface area contributed by atoms with Crippen molar-refractivity contribution in [2.45, 2.75) is 26.8 Å². The first kappa shape index (κ1) is 16.5. The molecule has 2 amide bonds. The van der Waals surface area contributed by atoms with Gasteiger partial charge in [0.15, 0.2) is 0 Å². The fourth-order valence-electron chi connectivity index (χ4n) is 2.68. The third-order valence-corrected chi connectivity index (χ3v) is 4.19. The van der Waals surface area contributed by atoms with E-state index in [9.17, 15) is 9.59 Å². The summed E-state index contributed by atoms with van der Waals surface area (Å²) >= 11 is 0. The van der Waals surface area contributed by atoms with Gasteiger partial charge in [-0.15, -0.1) is 0 Å². The Morgan fingerprint density at radius 2 is 1.77 bits per heavy atom. The number of piperazine rings is 1. The molecule has 2 rings (SSSR count). The van der Waals surface area contributed by atoms with Crippen molar-refractivity contribution < 1.29 is 9.59 Å². The highest BCUT2D eigenvalue weighted by molar-refractivity contribution is 5.97. The van der Waals surface area contributed by atoms with Gasteiger partial charge in [-0.25, -0.2) is 0 Å². The summed E-state index contributed by atoms with van der Waals surface area (Å²) in [6.07, 6.45) is 0. The molecule has 0 aromatic heterocycles. The molecule has 0 spiro atoms. The van der Waals surface area contributed by atoms with Crippen LogP contribution in [-0.2, 0) is 4.79 Å². The Balaban J connectivity index is 1.81. The maximum Gasteiger partial charge on any atom is 0.251 e. The summed E-state index contributed by atoms with van der Waals surface area (Å²) in [7, 11) is 0. The largest absolute Gasteiger partial charge is 0.343 e. The van der Waals surface area contributed by atoms with E-state index >= 15 is 0 Å². The lowest BCUT2D eigenvalue weighted by Gasteiger charge is -2.36. The van der Waals surface area contributed by atoms with Gasteiger partial charge in [-0.1, -0.05) is 18.2 Å². The van der Waals surface area contributed by atoms with Crippen LogP contribution in [0.2, 0.25) is 0 Å². The summed E-state index contributed by atoms with van der Waals surface area (Å²) in [6, 6.07) is 7.90. The van der Waals surface area contributed by atoms with E-state index in [-0.39, 0.29) is 18.4 Å². The summed E-state index contributed by atoms with van der Waals surface area (Å²) < 4.78 is 0. The molecular weight excluding hydrogens is 278 g/mol. The molecule has 0 saturated carbocycles. The van der Waals surface area contributed by atoms with E-state index < -0.39 is 0 Å². The third kappa shape index (κ3) is 4.07. The molecular formula is C17H25N3O2. The molecule has 1 saturated heterocycles. The highest BCUT2D eigenvalue weighted by Crippen LogP contribution is 2.07. The number of carbonyl (C=O) groups is 2. The monoisotopic (exact) mass is 303 g/mol. The van der Waals surface area contributed by atoms with Crippen molar-refractivity contribution in [2.75, 3.05) is 32.7 Å². The van der Waals surface area contributed by atoms with Crippen molar-refractivity contribution in [3.8, 4) is 0 Å². The van der Waals surface area contributed by atoms with Crippen LogP contribution < -0.4 is 5.32 Å². The quantitative estimate of drug-likeness (QED) is 0.911. The predicted molar refractivity (Wildman–Crippen MR) is 86.8 cm³/mol. The van der Waals surface area contributed by atoms with E-state index in [1.807, 2.05) is 30.0 Å². The van der Waals surface area contributed by atoms with Crippen LogP contribution in [0, 0.1) is 6.92 Å². The molecule has 0 radical (unpaired) electrons. The van der Waals surface area contributed by atoms with E-state index in [2.05, 4.69) is 24.1 Å². The van der Waals surface area contributed by atoms with E-state index in [0.717, 1.165) is 31.7 Å². The van der Waals surface area contributed by atoms with Crippen LogP contribution in [0.5, 0.6) is 0 Å². The lowest BCUT2D eigenvalue weighted by Crippen LogP contribution is -2.52. The number of nitrogens with zero attached hydrogens (tertiary/aromatic N) is 2. The number of rotatable bonds is 4. The second-order valence-corrected chi connectivity index (χ2v) is 6.01. The first-order valence-corrected chi connectivity index (χ1v) is 7.84. The maximum absolute atomic E-state index is 12.2. The summed E-state index contributed by atoms with van der Waals surface area (Å²) in [4.78, 5) is 28.5. The van der Waals surface area contributed by atoms with E-state index in [0.29, 0.717) is 11.6 Å². The summed E-state index contributed by atoms with van der Waals surface area (Å²) in [5.74, 6) is -0.197. The fraction of sp³-hybridized carbons (Fsp3) is 0.529. The molecule has 1 N–H and O–H groups in total. The second kappa shape index (κ2) is 7.40. The molecule has 1 aliphatic heterocycles. The number of nitrogens with one attached hydrogen (secondary N) is 1. The van der Waals surface area contributed by atoms with Crippen LogP contribution in [0.1, 0.15) is 29.8 Å². The van der Waals surface area contributed by atoms with Gasteiger partial charge in [-0.3, -0.25) is 14.5 Å². The molecule has 0 bridgehead atoms. The van der Waals surface area contributed by atoms with Gasteiger partial charge in [0, 0.05) is 37.8 Å². The predicted octanol–water partition coefficient (Wildman–Crippen LogP) is 1.28. The third-order valence-electron chi connectivity index (χ3n) is 4.19. The molecule has 1 aromatic rings. The highest BCUT2D eigenvalue weighted by atomic mass is 16.2. The van der Waals surface area contributed by atoms with E-state index in [1.165, 1.54) is 0 Å². The zero-order valence-corrected chi connectivity index (χ0v) is 13.6. The smallest absolute Gasteiger partial charge is 0.251 e. The van der Waals surface area contributed by atoms with Crippen LogP contribution in [0.15, 0.2) is 24.3 Å². The second-order valence-electron chi connectivity index (χ2n) is 6.01. The zero-order chi connectivity index (χ0) is 16.1. The molecule has 5 nitrogen and oxygen atoms in total. The van der Waals surface area contributed by atoms with Crippen molar-refractivity contribution in [1.29, 1.82) is 0 Å². The zero-order valence-electron chi connectivity index (χ0n) is 13.6. The van der Waals surface area contributed by atoms with Gasteiger partial charge >= 0.3 is 0 Å². The van der Waals surface area contributed by atoms with Crippen molar-refractivity contribution in [2.24, 2.45) is 0 Å². The molecule has 1 aliphatic rings. The van der Waals surface area contributed by atoms with Crippen LogP contribution in [-0.4, -0.2) is 60.4 Å². The van der Waals surface area contributed by atoms with Gasteiger partial charge in [0.25, 0.3) is 5.91 Å². The van der Waals surface area contributed by atoms with Crippen molar-refractivity contribution >= 4 is 11.8 Å². The molecule has 5 heteroatoms. The number of hydrogen-bond acceptors (Lipinski definition) is 3. The molecule has 0 unspecified atom stereocenters. The highest BCUT2D eigenvalue weighted by Gasteiger charge is 2.22. The minimum Gasteiger partial charge on any atom is -0.343 e. The molecule has 0 aliphatic carbocycles. The lowest BCUT2D eigenvalue weighted by atomic mass is 10.1. The Morgan fingerprint density at radius 3 is 2.36 bits per heavy atom. The van der Waals surface area contributed by atoms with Gasteiger partial charge in [0.05, 0.1) is 6.54 Å².